The number of aromatic amines is 1. The quantitative estimate of drug-likeness (QED) is 0.392. The molecule has 2 heterocycles. The first-order valence-electron chi connectivity index (χ1n) is 12.6. The van der Waals surface area contributed by atoms with Crippen LogP contribution in [0.1, 0.15) is 90.5 Å². The lowest BCUT2D eigenvalue weighted by atomic mass is 9.87. The van der Waals surface area contributed by atoms with Gasteiger partial charge in [0.05, 0.1) is 17.4 Å². The van der Waals surface area contributed by atoms with E-state index in [9.17, 15) is 28.0 Å². The molecule has 0 radical (unpaired) electrons. The third-order valence-electron chi connectivity index (χ3n) is 6.67. The maximum Gasteiger partial charge on any atom is 0.443 e. The van der Waals surface area contributed by atoms with Crippen LogP contribution in [0.5, 0.6) is 0 Å². The van der Waals surface area contributed by atoms with Crippen molar-refractivity contribution < 1.29 is 22.8 Å². The number of nitrogens with zero attached hydrogens (tertiary/aromatic N) is 4. The molecule has 3 aromatic rings. The minimum Gasteiger partial charge on any atom is -0.351 e. The number of benzene rings is 1. The number of carbonyl (C=O) groups is 2. The van der Waals surface area contributed by atoms with Crippen molar-refractivity contribution in [2.45, 2.75) is 76.6 Å². The predicted octanol–water partition coefficient (Wildman–Crippen LogP) is 5.89. The highest BCUT2D eigenvalue weighted by Crippen LogP contribution is 2.40. The summed E-state index contributed by atoms with van der Waals surface area (Å²) in [6.45, 7) is 6.06. The van der Waals surface area contributed by atoms with Gasteiger partial charge >= 0.3 is 6.18 Å². The number of carbonyl (C=O) groups excluding carboxylic acids is 2. The molecule has 1 atom stereocenters. The number of halogens is 3. The Hall–Kier alpha value is -3.72. The van der Waals surface area contributed by atoms with E-state index in [-0.39, 0.29) is 39.1 Å². The highest BCUT2D eigenvalue weighted by atomic mass is 32.1. The van der Waals surface area contributed by atoms with Crippen LogP contribution >= 0.6 is 11.3 Å². The van der Waals surface area contributed by atoms with Crippen molar-refractivity contribution in [3.05, 3.63) is 63.6 Å². The number of imidazole rings is 1. The second kappa shape index (κ2) is 11.2. The lowest BCUT2D eigenvalue weighted by molar-refractivity contribution is -0.137. The van der Waals surface area contributed by atoms with E-state index >= 15 is 0 Å². The molecule has 1 aromatic carbocycles. The Kier molecular flexibility index (Phi) is 8.11. The molecule has 0 saturated heterocycles. The molecule has 1 aliphatic carbocycles. The van der Waals surface area contributed by atoms with Crippen LogP contribution in [0.3, 0.4) is 0 Å². The van der Waals surface area contributed by atoms with Gasteiger partial charge in [-0.2, -0.15) is 18.4 Å². The van der Waals surface area contributed by atoms with Crippen molar-refractivity contribution in [2.24, 2.45) is 0 Å². The van der Waals surface area contributed by atoms with Crippen molar-refractivity contribution in [2.75, 3.05) is 4.90 Å². The summed E-state index contributed by atoms with van der Waals surface area (Å²) < 4.78 is 41.0. The van der Waals surface area contributed by atoms with E-state index in [4.69, 9.17) is 0 Å². The summed E-state index contributed by atoms with van der Waals surface area (Å²) in [6, 6.07) is 6.83. The fraction of sp³-hybridized carbons (Fsp3) is 0.444. The molecule has 12 heteroatoms. The van der Waals surface area contributed by atoms with Crippen LogP contribution in [0.2, 0.25) is 0 Å². The first-order valence-corrected chi connectivity index (χ1v) is 13.4. The first kappa shape index (κ1) is 28.3. The number of aromatic nitrogens is 3. The van der Waals surface area contributed by atoms with Crippen molar-refractivity contribution >= 4 is 28.8 Å². The van der Waals surface area contributed by atoms with E-state index < -0.39 is 34.7 Å². The molecular formula is C27H29F3N6O2S. The zero-order valence-corrected chi connectivity index (χ0v) is 22.6. The molecule has 1 fully saturated rings. The molecular weight excluding hydrogens is 529 g/mol. The van der Waals surface area contributed by atoms with Crippen LogP contribution in [0.25, 0.3) is 0 Å². The lowest BCUT2D eigenvalue weighted by Crippen LogP contribution is -2.47. The Balaban J connectivity index is 1.89. The van der Waals surface area contributed by atoms with Gasteiger partial charge < -0.3 is 10.3 Å². The average Bonchev–Trinajstić information content (AvgIpc) is 3.57. The van der Waals surface area contributed by atoms with Gasteiger partial charge in [0.15, 0.2) is 16.7 Å². The standard InChI is InChI=1S/C27H29F3N6O2S/c1-26(2,3)16-9-11-18(12-10-16)36(24(38)20-14-32-15-33-20)21(23(37)34-17-7-5-4-6-8-17)22-19(13-31)35-25(39-22)27(28,29)30/h9-12,14-15,17,21H,4-8H2,1-3H3,(H,32,33)(H,34,37). The van der Waals surface area contributed by atoms with Gasteiger partial charge in [-0.3, -0.25) is 14.5 Å². The van der Waals surface area contributed by atoms with E-state index in [1.165, 1.54) is 12.5 Å². The Morgan fingerprint density at radius 3 is 2.36 bits per heavy atom. The number of nitrogens with one attached hydrogen (secondary N) is 2. The number of rotatable bonds is 6. The molecule has 0 spiro atoms. The number of amides is 2. The van der Waals surface area contributed by atoms with Gasteiger partial charge in [0.1, 0.15) is 11.8 Å². The number of thiazole rings is 1. The van der Waals surface area contributed by atoms with Gasteiger partial charge in [-0.1, -0.05) is 52.2 Å². The van der Waals surface area contributed by atoms with Gasteiger partial charge in [-0.15, -0.1) is 11.3 Å². The van der Waals surface area contributed by atoms with E-state index in [2.05, 4.69) is 20.3 Å². The smallest absolute Gasteiger partial charge is 0.351 e. The van der Waals surface area contributed by atoms with E-state index in [0.717, 1.165) is 42.6 Å². The van der Waals surface area contributed by atoms with Crippen LogP contribution in [-0.4, -0.2) is 32.8 Å². The third-order valence-corrected chi connectivity index (χ3v) is 7.82. The third kappa shape index (κ3) is 6.30. The monoisotopic (exact) mass is 558 g/mol. The summed E-state index contributed by atoms with van der Waals surface area (Å²) in [6.07, 6.45) is 2.01. The minimum absolute atomic E-state index is 0.0319. The SMILES string of the molecule is CC(C)(C)c1ccc(N(C(=O)c2cnc[nH]2)C(C(=O)NC2CCCCC2)c2sc(C(F)(F)F)nc2C#N)cc1. The van der Waals surface area contributed by atoms with Gasteiger partial charge in [-0.05, 0) is 36.0 Å². The molecule has 2 amide bonds. The molecule has 206 valence electrons. The summed E-state index contributed by atoms with van der Waals surface area (Å²) >= 11 is 0.195. The van der Waals surface area contributed by atoms with Crippen LogP contribution < -0.4 is 10.2 Å². The first-order chi connectivity index (χ1) is 18.4. The zero-order valence-electron chi connectivity index (χ0n) is 21.8. The molecule has 1 saturated carbocycles. The van der Waals surface area contributed by atoms with E-state index in [1.807, 2.05) is 20.8 Å². The number of hydrogen-bond acceptors (Lipinski definition) is 6. The number of nitriles is 1. The molecule has 2 N–H and O–H groups in total. The summed E-state index contributed by atoms with van der Waals surface area (Å²) in [5.74, 6) is -1.37. The molecule has 0 bridgehead atoms. The number of alkyl halides is 3. The van der Waals surface area contributed by atoms with Gasteiger partial charge in [0.25, 0.3) is 5.91 Å². The highest BCUT2D eigenvalue weighted by molar-refractivity contribution is 7.12. The van der Waals surface area contributed by atoms with Gasteiger partial charge in [0, 0.05) is 11.7 Å². The molecule has 0 aliphatic heterocycles. The maximum absolute atomic E-state index is 13.9. The summed E-state index contributed by atoms with van der Waals surface area (Å²) in [5, 5.41) is 11.4. The van der Waals surface area contributed by atoms with Gasteiger partial charge in [-0.25, -0.2) is 9.97 Å². The van der Waals surface area contributed by atoms with Crippen molar-refractivity contribution in [1.82, 2.24) is 20.3 Å². The maximum atomic E-state index is 13.9. The van der Waals surface area contributed by atoms with Crippen molar-refractivity contribution in [3.8, 4) is 6.07 Å². The Bertz CT molecular complexity index is 1350. The topological polar surface area (TPSA) is 115 Å². The van der Waals surface area contributed by atoms with Crippen molar-refractivity contribution in [1.29, 1.82) is 5.26 Å². The second-order valence-corrected chi connectivity index (χ2v) is 11.6. The highest BCUT2D eigenvalue weighted by Gasteiger charge is 2.42. The van der Waals surface area contributed by atoms with Crippen LogP contribution in [0, 0.1) is 11.3 Å². The van der Waals surface area contributed by atoms with E-state index in [0.29, 0.717) is 0 Å². The van der Waals surface area contributed by atoms with E-state index in [1.54, 1.807) is 30.3 Å². The number of anilines is 1. The summed E-state index contributed by atoms with van der Waals surface area (Å²) in [4.78, 5) is 38.7. The zero-order chi connectivity index (χ0) is 28.4. The summed E-state index contributed by atoms with van der Waals surface area (Å²) in [5.41, 5.74) is 0.506. The average molecular weight is 559 g/mol. The van der Waals surface area contributed by atoms with Crippen LogP contribution in [0.15, 0.2) is 36.8 Å². The van der Waals surface area contributed by atoms with Crippen molar-refractivity contribution in [3.63, 3.8) is 0 Å². The number of H-pyrrole nitrogens is 1. The largest absolute Gasteiger partial charge is 0.443 e. The normalized spacial score (nSPS) is 15.4. The fourth-order valence-corrected chi connectivity index (χ4v) is 5.58. The van der Waals surface area contributed by atoms with Crippen LogP contribution in [-0.2, 0) is 16.4 Å². The predicted molar refractivity (Wildman–Crippen MR) is 140 cm³/mol. The lowest BCUT2D eigenvalue weighted by Gasteiger charge is -2.32. The molecule has 1 unspecified atom stereocenters. The molecule has 2 aromatic heterocycles. The molecule has 1 aliphatic rings. The summed E-state index contributed by atoms with van der Waals surface area (Å²) in [7, 11) is 0. The molecule has 8 nitrogen and oxygen atoms in total. The van der Waals surface area contributed by atoms with Crippen LogP contribution in [0.4, 0.5) is 18.9 Å². The Labute approximate surface area is 228 Å². The minimum atomic E-state index is -4.83. The van der Waals surface area contributed by atoms with Gasteiger partial charge in [0.2, 0.25) is 5.91 Å². The second-order valence-electron chi connectivity index (χ2n) is 10.5. The Morgan fingerprint density at radius 2 is 1.82 bits per heavy atom. The number of hydrogen-bond donors (Lipinski definition) is 2. The molecule has 39 heavy (non-hydrogen) atoms. The fourth-order valence-electron chi connectivity index (χ4n) is 4.61. The Morgan fingerprint density at radius 1 is 1.15 bits per heavy atom. The molecule has 4 rings (SSSR count).